The molecule has 0 aliphatic carbocycles. The number of halogens is 2. The van der Waals surface area contributed by atoms with Gasteiger partial charge in [-0.05, 0) is 55.8 Å². The lowest BCUT2D eigenvalue weighted by Gasteiger charge is -2.29. The first kappa shape index (κ1) is 18.4. The van der Waals surface area contributed by atoms with E-state index in [0.717, 1.165) is 5.56 Å². The molecule has 0 N–H and O–H groups in total. The molecule has 134 valence electrons. The molecular weight excluding hydrogens is 373 g/mol. The number of ether oxygens (including phenoxy) is 1. The third kappa shape index (κ3) is 3.89. The van der Waals surface area contributed by atoms with Crippen LogP contribution in [0.5, 0.6) is 5.75 Å². The number of rotatable bonds is 6. The van der Waals surface area contributed by atoms with Gasteiger partial charge in [0.15, 0.2) is 0 Å². The Morgan fingerprint density at radius 1 is 1.04 bits per heavy atom. The average molecular weight is 390 g/mol. The molecule has 0 amide bonds. The predicted molar refractivity (Wildman–Crippen MR) is 101 cm³/mol. The van der Waals surface area contributed by atoms with Crippen LogP contribution in [0.15, 0.2) is 61.2 Å². The predicted octanol–water partition coefficient (Wildman–Crippen LogP) is 4.71. The molecule has 1 heterocycles. The van der Waals surface area contributed by atoms with Crippen LogP contribution in [0.25, 0.3) is 0 Å². The van der Waals surface area contributed by atoms with Gasteiger partial charge in [-0.2, -0.15) is 5.10 Å². The van der Waals surface area contributed by atoms with Crippen LogP contribution >= 0.6 is 23.2 Å². The summed E-state index contributed by atoms with van der Waals surface area (Å²) in [5, 5.41) is 5.28. The fourth-order valence-corrected chi connectivity index (χ4v) is 2.78. The highest BCUT2D eigenvalue weighted by Gasteiger charge is 2.38. The monoisotopic (exact) mass is 389 g/mol. The van der Waals surface area contributed by atoms with Crippen LogP contribution in [0.2, 0.25) is 10.0 Å². The molecule has 0 aliphatic heterocycles. The maximum Gasteiger partial charge on any atom is 0.252 e. The summed E-state index contributed by atoms with van der Waals surface area (Å²) in [6, 6.07) is 14.0. The van der Waals surface area contributed by atoms with Gasteiger partial charge in [0.1, 0.15) is 18.4 Å². The van der Waals surface area contributed by atoms with E-state index in [0.29, 0.717) is 15.8 Å². The van der Waals surface area contributed by atoms with Gasteiger partial charge in [0.05, 0.1) is 5.41 Å². The number of nitrogens with zero attached hydrogens (tertiary/aromatic N) is 3. The Kier molecular flexibility index (Phi) is 5.30. The van der Waals surface area contributed by atoms with Crippen LogP contribution in [0, 0.1) is 0 Å². The van der Waals surface area contributed by atoms with Gasteiger partial charge in [-0.15, -0.1) is 0 Å². The minimum Gasteiger partial charge on any atom is -0.461 e. The number of carbonyl (C=O) groups excluding carboxylic acids is 1. The minimum atomic E-state index is -0.968. The third-order valence-corrected chi connectivity index (χ3v) is 4.65. The maximum absolute atomic E-state index is 13.3. The lowest BCUT2D eigenvalue weighted by atomic mass is 9.80. The Morgan fingerprint density at radius 3 is 2.15 bits per heavy atom. The van der Waals surface area contributed by atoms with Crippen LogP contribution in [0.4, 0.5) is 0 Å². The molecule has 2 aromatic carbocycles. The SMILES string of the molecule is CC(C)(C(=O)C(Oc1ccc(Cl)cc1)n1cncn1)c1ccc(Cl)cc1. The number of benzene rings is 2. The van der Waals surface area contributed by atoms with E-state index in [-0.39, 0.29) is 5.78 Å². The van der Waals surface area contributed by atoms with Crippen molar-refractivity contribution in [1.82, 2.24) is 14.8 Å². The first-order valence-electron chi connectivity index (χ1n) is 7.94. The molecule has 3 rings (SSSR count). The highest BCUT2D eigenvalue weighted by Crippen LogP contribution is 2.31. The molecule has 0 bridgehead atoms. The molecule has 7 heteroatoms. The van der Waals surface area contributed by atoms with E-state index in [9.17, 15) is 4.79 Å². The van der Waals surface area contributed by atoms with E-state index < -0.39 is 11.6 Å². The highest BCUT2D eigenvalue weighted by atomic mass is 35.5. The summed E-state index contributed by atoms with van der Waals surface area (Å²) in [6.45, 7) is 3.68. The van der Waals surface area contributed by atoms with Crippen molar-refractivity contribution < 1.29 is 9.53 Å². The summed E-state index contributed by atoms with van der Waals surface area (Å²) in [6.07, 6.45) is 1.85. The third-order valence-electron chi connectivity index (χ3n) is 4.14. The lowest BCUT2D eigenvalue weighted by molar-refractivity contribution is -0.135. The van der Waals surface area contributed by atoms with Gasteiger partial charge in [-0.25, -0.2) is 9.67 Å². The molecule has 0 aliphatic rings. The minimum absolute atomic E-state index is 0.166. The van der Waals surface area contributed by atoms with Gasteiger partial charge in [0.25, 0.3) is 6.23 Å². The summed E-state index contributed by atoms with van der Waals surface area (Å²) < 4.78 is 7.33. The summed E-state index contributed by atoms with van der Waals surface area (Å²) in [5.41, 5.74) is 0.00453. The Hall–Kier alpha value is -2.37. The quantitative estimate of drug-likeness (QED) is 0.612. The molecule has 5 nitrogen and oxygen atoms in total. The number of hydrogen-bond acceptors (Lipinski definition) is 4. The zero-order chi connectivity index (χ0) is 18.7. The number of ketones is 1. The molecular formula is C19H17Cl2N3O2. The van der Waals surface area contributed by atoms with Gasteiger partial charge in [0.2, 0.25) is 5.78 Å². The van der Waals surface area contributed by atoms with Gasteiger partial charge >= 0.3 is 0 Å². The molecule has 1 atom stereocenters. The first-order chi connectivity index (χ1) is 12.4. The van der Waals surface area contributed by atoms with E-state index in [1.54, 1.807) is 36.4 Å². The summed E-state index contributed by atoms with van der Waals surface area (Å²) in [7, 11) is 0. The molecule has 0 spiro atoms. The molecule has 0 fully saturated rings. The first-order valence-corrected chi connectivity index (χ1v) is 8.70. The van der Waals surface area contributed by atoms with Gasteiger partial charge in [0, 0.05) is 10.0 Å². The fourth-order valence-electron chi connectivity index (χ4n) is 2.53. The lowest BCUT2D eigenvalue weighted by Crippen LogP contribution is -2.39. The highest BCUT2D eigenvalue weighted by molar-refractivity contribution is 6.30. The van der Waals surface area contributed by atoms with Crippen molar-refractivity contribution in [1.29, 1.82) is 0 Å². The van der Waals surface area contributed by atoms with Crippen LogP contribution in [-0.4, -0.2) is 20.5 Å². The second kappa shape index (κ2) is 7.48. The van der Waals surface area contributed by atoms with E-state index in [4.69, 9.17) is 27.9 Å². The van der Waals surface area contributed by atoms with Crippen LogP contribution in [-0.2, 0) is 10.2 Å². The van der Waals surface area contributed by atoms with E-state index in [1.165, 1.54) is 17.3 Å². The summed E-state index contributed by atoms with van der Waals surface area (Å²) in [5.74, 6) is 0.343. The van der Waals surface area contributed by atoms with Gasteiger partial charge in [-0.3, -0.25) is 4.79 Å². The number of Topliss-reactive ketones (excluding diaryl/α,β-unsaturated/α-hetero) is 1. The van der Waals surface area contributed by atoms with Gasteiger partial charge < -0.3 is 4.74 Å². The smallest absolute Gasteiger partial charge is 0.252 e. The Bertz CT molecular complexity index is 876. The number of carbonyl (C=O) groups is 1. The van der Waals surface area contributed by atoms with Gasteiger partial charge in [-0.1, -0.05) is 35.3 Å². The standard InChI is InChI=1S/C19H17Cl2N3O2/c1-19(2,13-3-5-14(20)6-4-13)17(25)18(24-12-22-11-23-24)26-16-9-7-15(21)8-10-16/h3-12,18H,1-2H3. The Labute approximate surface area is 161 Å². The van der Waals surface area contributed by atoms with Crippen molar-refractivity contribution in [3.05, 3.63) is 76.8 Å². The van der Waals surface area contributed by atoms with Crippen molar-refractivity contribution in [2.75, 3.05) is 0 Å². The molecule has 1 aromatic heterocycles. The van der Waals surface area contributed by atoms with E-state index >= 15 is 0 Å². The normalized spacial score (nSPS) is 12.6. The fraction of sp³-hybridized carbons (Fsp3) is 0.211. The molecule has 0 saturated carbocycles. The Morgan fingerprint density at radius 2 is 1.62 bits per heavy atom. The van der Waals surface area contributed by atoms with Crippen LogP contribution < -0.4 is 4.74 Å². The molecule has 0 saturated heterocycles. The van der Waals surface area contributed by atoms with Crippen molar-refractivity contribution in [3.63, 3.8) is 0 Å². The topological polar surface area (TPSA) is 57.0 Å². The second-order valence-corrected chi connectivity index (χ2v) is 7.17. The molecule has 3 aromatic rings. The molecule has 0 radical (unpaired) electrons. The van der Waals surface area contributed by atoms with E-state index in [2.05, 4.69) is 10.1 Å². The van der Waals surface area contributed by atoms with Crippen molar-refractivity contribution in [2.24, 2.45) is 0 Å². The van der Waals surface area contributed by atoms with Crippen molar-refractivity contribution >= 4 is 29.0 Å². The van der Waals surface area contributed by atoms with Crippen LogP contribution in [0.1, 0.15) is 25.6 Å². The number of hydrogen-bond donors (Lipinski definition) is 0. The van der Waals surface area contributed by atoms with Crippen molar-refractivity contribution in [3.8, 4) is 5.75 Å². The summed E-state index contributed by atoms with van der Waals surface area (Å²) >= 11 is 11.9. The van der Waals surface area contributed by atoms with Crippen LogP contribution in [0.3, 0.4) is 0 Å². The van der Waals surface area contributed by atoms with Crippen molar-refractivity contribution in [2.45, 2.75) is 25.5 Å². The Balaban J connectivity index is 1.94. The van der Waals surface area contributed by atoms with E-state index in [1.807, 2.05) is 26.0 Å². The molecule has 26 heavy (non-hydrogen) atoms. The second-order valence-electron chi connectivity index (χ2n) is 6.30. The zero-order valence-electron chi connectivity index (χ0n) is 14.3. The zero-order valence-corrected chi connectivity index (χ0v) is 15.8. The summed E-state index contributed by atoms with van der Waals surface area (Å²) in [4.78, 5) is 17.3. The number of aromatic nitrogens is 3. The molecule has 1 unspecified atom stereocenters. The average Bonchev–Trinajstić information content (AvgIpc) is 3.15. The maximum atomic E-state index is 13.3. The largest absolute Gasteiger partial charge is 0.461 e.